The van der Waals surface area contributed by atoms with Crippen LogP contribution in [0.3, 0.4) is 0 Å². The first kappa shape index (κ1) is 25.4. The van der Waals surface area contributed by atoms with Gasteiger partial charge in [0.2, 0.25) is 0 Å². The van der Waals surface area contributed by atoms with Gasteiger partial charge in [-0.1, -0.05) is 46.8 Å². The predicted molar refractivity (Wildman–Crippen MR) is 135 cm³/mol. The summed E-state index contributed by atoms with van der Waals surface area (Å²) in [6.07, 6.45) is 9.99. The predicted octanol–water partition coefficient (Wildman–Crippen LogP) is 6.71. The van der Waals surface area contributed by atoms with E-state index in [0.29, 0.717) is 46.7 Å². The molecule has 4 fully saturated rings. The molecule has 0 saturated heterocycles. The summed E-state index contributed by atoms with van der Waals surface area (Å²) >= 11 is 0. The molecule has 0 aromatic heterocycles. The van der Waals surface area contributed by atoms with Crippen LogP contribution in [0.4, 0.5) is 0 Å². The molecule has 4 saturated carbocycles. The molecule has 33 heavy (non-hydrogen) atoms. The summed E-state index contributed by atoms with van der Waals surface area (Å²) in [5, 5.41) is 20.5. The molecule has 4 rings (SSSR count). The number of fused-ring (bicyclic) bond motifs is 5. The second-order valence-electron chi connectivity index (χ2n) is 14.3. The van der Waals surface area contributed by atoms with Gasteiger partial charge >= 0.3 is 0 Å². The van der Waals surface area contributed by atoms with Crippen LogP contribution in [-0.2, 0) is 4.79 Å². The molecule has 3 heteroatoms. The normalized spacial score (nSPS) is 45.7. The Balaban J connectivity index is 1.55. The lowest BCUT2D eigenvalue weighted by Gasteiger charge is -2.69. The van der Waals surface area contributed by atoms with E-state index in [-0.39, 0.29) is 10.8 Å². The van der Waals surface area contributed by atoms with E-state index in [1.807, 2.05) is 0 Å². The Morgan fingerprint density at radius 1 is 1.00 bits per heavy atom. The van der Waals surface area contributed by atoms with Crippen molar-refractivity contribution in [2.75, 3.05) is 0 Å². The highest BCUT2D eigenvalue weighted by molar-refractivity contribution is 5.85. The summed E-state index contributed by atoms with van der Waals surface area (Å²) in [5.41, 5.74) is 0.958. The first-order valence-corrected chi connectivity index (χ1v) is 13.7. The van der Waals surface area contributed by atoms with Gasteiger partial charge in [-0.3, -0.25) is 4.79 Å². The van der Waals surface area contributed by atoms with Crippen LogP contribution < -0.4 is 0 Å². The fraction of sp³-hybridized carbons (Fsp3) is 0.900. The van der Waals surface area contributed by atoms with E-state index in [2.05, 4.69) is 41.2 Å². The van der Waals surface area contributed by atoms with Gasteiger partial charge < -0.3 is 10.2 Å². The molecule has 0 spiro atoms. The Bertz CT molecular complexity index is 806. The van der Waals surface area contributed by atoms with Gasteiger partial charge in [0.05, 0.1) is 11.7 Å². The third-order valence-corrected chi connectivity index (χ3v) is 12.2. The van der Waals surface area contributed by atoms with Gasteiger partial charge in [0.15, 0.2) is 0 Å². The molecule has 3 nitrogen and oxygen atoms in total. The first-order valence-electron chi connectivity index (χ1n) is 13.7. The van der Waals surface area contributed by atoms with E-state index in [1.165, 1.54) is 44.1 Å². The summed E-state index contributed by atoms with van der Waals surface area (Å²) < 4.78 is 0. The van der Waals surface area contributed by atoms with Crippen LogP contribution in [0.1, 0.15) is 113 Å². The molecule has 0 aliphatic heterocycles. The lowest BCUT2D eigenvalue weighted by atomic mass is 9.35. The van der Waals surface area contributed by atoms with Crippen molar-refractivity contribution >= 4 is 5.78 Å². The highest BCUT2D eigenvalue weighted by Gasteiger charge is 2.68. The number of rotatable bonds is 5. The van der Waals surface area contributed by atoms with Crippen molar-refractivity contribution < 1.29 is 15.0 Å². The second-order valence-corrected chi connectivity index (χ2v) is 14.3. The van der Waals surface area contributed by atoms with Gasteiger partial charge in [0.25, 0.3) is 0 Å². The van der Waals surface area contributed by atoms with Crippen molar-refractivity contribution in [2.45, 2.75) is 124 Å². The quantitative estimate of drug-likeness (QED) is 0.450. The minimum Gasteiger partial charge on any atom is -0.390 e. The van der Waals surface area contributed by atoms with Crippen molar-refractivity contribution in [3.63, 3.8) is 0 Å². The maximum atomic E-state index is 12.8. The zero-order chi connectivity index (χ0) is 24.6. The Morgan fingerprint density at radius 2 is 1.64 bits per heavy atom. The molecule has 0 heterocycles. The monoisotopic (exact) mass is 458 g/mol. The number of ketones is 1. The topological polar surface area (TPSA) is 57.5 Å². The number of allylic oxidation sites excluding steroid dienone is 1. The van der Waals surface area contributed by atoms with Crippen LogP contribution >= 0.6 is 0 Å². The third-order valence-electron chi connectivity index (χ3n) is 12.2. The Morgan fingerprint density at radius 3 is 2.27 bits per heavy atom. The molecule has 4 aliphatic rings. The Hall–Kier alpha value is -0.670. The molecule has 0 bridgehead atoms. The van der Waals surface area contributed by atoms with E-state index in [0.717, 1.165) is 19.3 Å². The molecule has 188 valence electrons. The largest absolute Gasteiger partial charge is 0.390 e. The van der Waals surface area contributed by atoms with Gasteiger partial charge in [0.1, 0.15) is 5.78 Å². The summed E-state index contributed by atoms with van der Waals surface area (Å²) in [6.45, 7) is 20.1. The van der Waals surface area contributed by atoms with Gasteiger partial charge in [0, 0.05) is 11.8 Å². The molecule has 0 aromatic carbocycles. The van der Waals surface area contributed by atoms with Gasteiger partial charge in [-0.2, -0.15) is 0 Å². The van der Waals surface area contributed by atoms with Crippen molar-refractivity contribution in [1.29, 1.82) is 0 Å². The van der Waals surface area contributed by atoms with E-state index in [1.54, 1.807) is 13.8 Å². The van der Waals surface area contributed by atoms with Crippen LogP contribution in [0, 0.1) is 45.3 Å². The lowest BCUT2D eigenvalue weighted by molar-refractivity contribution is -0.201. The van der Waals surface area contributed by atoms with Crippen LogP contribution in [0.25, 0.3) is 0 Å². The molecule has 0 amide bonds. The number of hydrogen-bond donors (Lipinski definition) is 2. The SMILES string of the molecule is C=C(CC[C@H](O)C(C)(C)O)[C@H]1CC[C@@]2(C)[C@@H]1CC[C@@H]1[C@@]3(C)CCC(=O)C(C)(C)[C@H]3CC[C@]12C. The van der Waals surface area contributed by atoms with Gasteiger partial charge in [-0.05, 0) is 112 Å². The molecule has 2 N–H and O–H groups in total. The maximum absolute atomic E-state index is 12.8. The number of aliphatic hydroxyl groups is 2. The summed E-state index contributed by atoms with van der Waals surface area (Å²) in [7, 11) is 0. The maximum Gasteiger partial charge on any atom is 0.138 e. The van der Waals surface area contributed by atoms with Crippen LogP contribution in [0.2, 0.25) is 0 Å². The minimum atomic E-state index is -1.06. The lowest BCUT2D eigenvalue weighted by Crippen LogP contribution is -2.63. The van der Waals surface area contributed by atoms with Gasteiger partial charge in [-0.15, -0.1) is 0 Å². The number of carbonyl (C=O) groups excluding carboxylic acids is 1. The van der Waals surface area contributed by atoms with E-state index < -0.39 is 11.7 Å². The minimum absolute atomic E-state index is 0.181. The molecule has 4 aliphatic carbocycles. The zero-order valence-electron chi connectivity index (χ0n) is 22.5. The zero-order valence-corrected chi connectivity index (χ0v) is 22.5. The smallest absolute Gasteiger partial charge is 0.138 e. The molecule has 8 atom stereocenters. The van der Waals surface area contributed by atoms with Crippen molar-refractivity contribution in [2.24, 2.45) is 45.3 Å². The van der Waals surface area contributed by atoms with Crippen molar-refractivity contribution in [3.8, 4) is 0 Å². The summed E-state index contributed by atoms with van der Waals surface area (Å²) in [4.78, 5) is 12.8. The standard InChI is InChI=1S/C30H50O3/c1-19(9-12-25(32)27(4,5)33)20-13-17-29(7)21(20)10-11-23-28(6)16-15-24(31)26(2,3)22(28)14-18-30(23,29)8/h20-23,25,32-33H,1,9-18H2,2-8H3/t20-,21-,22-,23-,25+,28+,29+,30-/m1/s1. The molecule has 0 aromatic rings. The average molecular weight is 459 g/mol. The van der Waals surface area contributed by atoms with E-state index in [4.69, 9.17) is 0 Å². The molecule has 0 unspecified atom stereocenters. The van der Waals surface area contributed by atoms with E-state index >= 15 is 0 Å². The fourth-order valence-corrected chi connectivity index (χ4v) is 9.89. The average Bonchev–Trinajstić information content (AvgIpc) is 3.07. The Labute approximate surface area is 202 Å². The van der Waals surface area contributed by atoms with Crippen molar-refractivity contribution in [1.82, 2.24) is 0 Å². The van der Waals surface area contributed by atoms with Crippen LogP contribution in [0.5, 0.6) is 0 Å². The molecular formula is C30H50O3. The number of hydrogen-bond acceptors (Lipinski definition) is 3. The van der Waals surface area contributed by atoms with Crippen molar-refractivity contribution in [3.05, 3.63) is 12.2 Å². The Kier molecular flexibility index (Phi) is 6.10. The van der Waals surface area contributed by atoms with E-state index in [9.17, 15) is 15.0 Å². The molecular weight excluding hydrogens is 408 g/mol. The first-order chi connectivity index (χ1) is 15.1. The second kappa shape index (κ2) is 7.92. The highest BCUT2D eigenvalue weighted by Crippen LogP contribution is 2.75. The van der Waals surface area contributed by atoms with Gasteiger partial charge in [-0.25, -0.2) is 0 Å². The number of aliphatic hydroxyl groups excluding tert-OH is 1. The number of carbonyl (C=O) groups is 1. The summed E-state index contributed by atoms with van der Waals surface area (Å²) in [6, 6.07) is 0. The highest BCUT2D eigenvalue weighted by atomic mass is 16.3. The third kappa shape index (κ3) is 3.62. The number of Topliss-reactive ketones (excluding diaryl/α,β-unsaturated/α-hetero) is 1. The summed E-state index contributed by atoms with van der Waals surface area (Å²) in [5.74, 6) is 2.90. The van der Waals surface area contributed by atoms with Crippen LogP contribution in [0.15, 0.2) is 12.2 Å². The van der Waals surface area contributed by atoms with Crippen LogP contribution in [-0.4, -0.2) is 27.7 Å². The molecule has 0 radical (unpaired) electrons. The fourth-order valence-electron chi connectivity index (χ4n) is 9.89.